The van der Waals surface area contributed by atoms with Crippen molar-refractivity contribution in [3.05, 3.63) is 69.9 Å². The molecule has 0 aliphatic carbocycles. The van der Waals surface area contributed by atoms with Crippen LogP contribution in [0.1, 0.15) is 15.9 Å². The summed E-state index contributed by atoms with van der Waals surface area (Å²) in [6, 6.07) is 7.27. The Morgan fingerprint density at radius 1 is 1.44 bits per heavy atom. The number of nitrogens with zero attached hydrogens (tertiary/aromatic N) is 2. The van der Waals surface area contributed by atoms with Gasteiger partial charge >= 0.3 is 0 Å². The lowest BCUT2D eigenvalue weighted by atomic mass is 10.1. The molecule has 0 bridgehead atoms. The second-order valence-electron chi connectivity index (χ2n) is 5.72. The number of carbonyl (C=O) groups is 1. The zero-order valence-electron chi connectivity index (χ0n) is 14.6. The topological polar surface area (TPSA) is 98.4 Å². The fourth-order valence-corrected chi connectivity index (χ4v) is 2.96. The molecule has 1 aromatic heterocycles. The van der Waals surface area contributed by atoms with E-state index in [0.717, 1.165) is 5.56 Å². The van der Waals surface area contributed by atoms with Gasteiger partial charge in [0.2, 0.25) is 0 Å². The van der Waals surface area contributed by atoms with Gasteiger partial charge in [0, 0.05) is 32.0 Å². The van der Waals surface area contributed by atoms with Crippen LogP contribution in [0, 0.1) is 5.82 Å². The van der Waals surface area contributed by atoms with Gasteiger partial charge in [0.05, 0.1) is 10.6 Å². The predicted octanol–water partition coefficient (Wildman–Crippen LogP) is 2.50. The first-order valence-corrected chi connectivity index (χ1v) is 8.83. The van der Waals surface area contributed by atoms with Crippen molar-refractivity contribution in [3.63, 3.8) is 0 Å². The number of carbonyl (C=O) groups excluding carboxylic acids is 1. The number of benzene rings is 1. The molecule has 1 aromatic carbocycles. The summed E-state index contributed by atoms with van der Waals surface area (Å²) < 4.78 is 14.8. The number of amides is 1. The van der Waals surface area contributed by atoms with Crippen molar-refractivity contribution >= 4 is 34.9 Å². The Labute approximate surface area is 166 Å². The summed E-state index contributed by atoms with van der Waals surface area (Å²) in [5, 5.41) is 3.25. The van der Waals surface area contributed by atoms with Gasteiger partial charge in [-0.15, -0.1) is 0 Å². The van der Waals surface area contributed by atoms with E-state index in [1.807, 2.05) is 0 Å². The lowest BCUT2D eigenvalue weighted by Crippen LogP contribution is -2.41. The lowest BCUT2D eigenvalue weighted by molar-refractivity contribution is 0.0938. The van der Waals surface area contributed by atoms with Crippen LogP contribution in [0.3, 0.4) is 0 Å². The quantitative estimate of drug-likeness (QED) is 0.502. The molecule has 5 N–H and O–H groups in total. The number of nitrogens with one attached hydrogen (secondary N) is 1. The molecule has 1 heterocycles. The van der Waals surface area contributed by atoms with Gasteiger partial charge < -0.3 is 16.8 Å². The Hall–Kier alpha value is -2.35. The van der Waals surface area contributed by atoms with Gasteiger partial charge in [0.1, 0.15) is 11.0 Å². The third-order valence-electron chi connectivity index (χ3n) is 3.83. The molecule has 0 radical (unpaired) electrons. The summed E-state index contributed by atoms with van der Waals surface area (Å²) in [7, 11) is 1.53. The average Bonchev–Trinajstić information content (AvgIpc) is 3.03. The van der Waals surface area contributed by atoms with Gasteiger partial charge in [0.25, 0.3) is 5.91 Å². The molecule has 0 fully saturated rings. The monoisotopic (exact) mass is 411 g/mol. The van der Waals surface area contributed by atoms with Crippen molar-refractivity contribution in [2.45, 2.75) is 12.5 Å². The SMILES string of the molecule is CN=C(C(Cl)=CN)n1cc(C(=O)N[C@H](CN)Cc2cccc(F)c2)cc1Cl. The van der Waals surface area contributed by atoms with Crippen LogP contribution in [-0.2, 0) is 6.42 Å². The number of allylic oxidation sites excluding steroid dienone is 1. The molecular formula is C18H20Cl2FN5O. The van der Waals surface area contributed by atoms with Gasteiger partial charge in [0.15, 0.2) is 5.84 Å². The smallest absolute Gasteiger partial charge is 0.253 e. The molecule has 9 heteroatoms. The van der Waals surface area contributed by atoms with Crippen molar-refractivity contribution < 1.29 is 9.18 Å². The number of hydrogen-bond acceptors (Lipinski definition) is 4. The maximum absolute atomic E-state index is 13.3. The highest BCUT2D eigenvalue weighted by Gasteiger charge is 2.18. The van der Waals surface area contributed by atoms with Crippen LogP contribution >= 0.6 is 23.2 Å². The summed E-state index contributed by atoms with van der Waals surface area (Å²) in [5.74, 6) is -0.404. The molecule has 0 aliphatic rings. The Kier molecular flexibility index (Phi) is 7.41. The van der Waals surface area contributed by atoms with Crippen molar-refractivity contribution in [1.29, 1.82) is 0 Å². The van der Waals surface area contributed by atoms with Gasteiger partial charge in [-0.1, -0.05) is 35.3 Å². The van der Waals surface area contributed by atoms with Crippen LogP contribution in [0.15, 0.2) is 52.8 Å². The first-order valence-electron chi connectivity index (χ1n) is 8.07. The normalized spacial score (nSPS) is 13.5. The Balaban J connectivity index is 2.16. The fourth-order valence-electron chi connectivity index (χ4n) is 2.54. The summed E-state index contributed by atoms with van der Waals surface area (Å²) in [6.45, 7) is 0.195. The van der Waals surface area contributed by atoms with Crippen LogP contribution in [0.25, 0.3) is 0 Å². The van der Waals surface area contributed by atoms with E-state index in [1.165, 1.54) is 42.2 Å². The lowest BCUT2D eigenvalue weighted by Gasteiger charge is -2.16. The summed E-state index contributed by atoms with van der Waals surface area (Å²) in [4.78, 5) is 16.6. The fraction of sp³-hybridized carbons (Fsp3) is 0.222. The third kappa shape index (κ3) is 5.32. The molecule has 0 saturated carbocycles. The Bertz CT molecular complexity index is 878. The van der Waals surface area contributed by atoms with E-state index >= 15 is 0 Å². The number of aliphatic imine (C=N–C) groups is 1. The van der Waals surface area contributed by atoms with Crippen molar-refractivity contribution in [3.8, 4) is 0 Å². The summed E-state index contributed by atoms with van der Waals surface area (Å²) in [5.41, 5.74) is 12.2. The highest BCUT2D eigenvalue weighted by Crippen LogP contribution is 2.18. The van der Waals surface area contributed by atoms with Gasteiger partial charge in [-0.25, -0.2) is 4.39 Å². The van der Waals surface area contributed by atoms with Crippen molar-refractivity contribution in [1.82, 2.24) is 9.88 Å². The van der Waals surface area contributed by atoms with Crippen LogP contribution < -0.4 is 16.8 Å². The predicted molar refractivity (Wildman–Crippen MR) is 107 cm³/mol. The molecule has 27 heavy (non-hydrogen) atoms. The third-order valence-corrected chi connectivity index (χ3v) is 4.41. The van der Waals surface area contributed by atoms with E-state index in [2.05, 4.69) is 10.3 Å². The van der Waals surface area contributed by atoms with Gasteiger partial charge in [-0.05, 0) is 30.2 Å². The molecule has 0 saturated heterocycles. The maximum atomic E-state index is 13.3. The number of nitrogens with two attached hydrogens (primary N) is 2. The van der Waals surface area contributed by atoms with Crippen LogP contribution in [-0.4, -0.2) is 35.9 Å². The van der Waals surface area contributed by atoms with E-state index in [-0.39, 0.29) is 34.5 Å². The van der Waals surface area contributed by atoms with Crippen molar-refractivity contribution in [2.75, 3.05) is 13.6 Å². The number of aromatic nitrogens is 1. The maximum Gasteiger partial charge on any atom is 0.253 e. The summed E-state index contributed by atoms with van der Waals surface area (Å²) >= 11 is 12.2. The molecule has 1 atom stereocenters. The molecule has 2 rings (SSSR count). The largest absolute Gasteiger partial charge is 0.403 e. The number of rotatable bonds is 6. The molecule has 0 aliphatic heterocycles. The second-order valence-corrected chi connectivity index (χ2v) is 6.52. The van der Waals surface area contributed by atoms with E-state index in [4.69, 9.17) is 34.7 Å². The van der Waals surface area contributed by atoms with E-state index in [0.29, 0.717) is 17.8 Å². The molecular weight excluding hydrogens is 392 g/mol. The van der Waals surface area contributed by atoms with Crippen molar-refractivity contribution in [2.24, 2.45) is 16.5 Å². The zero-order valence-corrected chi connectivity index (χ0v) is 16.1. The molecule has 6 nitrogen and oxygen atoms in total. The van der Waals surface area contributed by atoms with E-state index in [9.17, 15) is 9.18 Å². The number of halogens is 3. The highest BCUT2D eigenvalue weighted by molar-refractivity contribution is 6.44. The molecule has 0 spiro atoms. The first kappa shape index (κ1) is 21.0. The Morgan fingerprint density at radius 2 is 2.19 bits per heavy atom. The van der Waals surface area contributed by atoms with Gasteiger partial charge in [-0.3, -0.25) is 14.4 Å². The van der Waals surface area contributed by atoms with Crippen LogP contribution in [0.5, 0.6) is 0 Å². The average molecular weight is 412 g/mol. The Morgan fingerprint density at radius 3 is 2.78 bits per heavy atom. The number of hydrogen-bond donors (Lipinski definition) is 3. The highest BCUT2D eigenvalue weighted by atomic mass is 35.5. The van der Waals surface area contributed by atoms with Crippen LogP contribution in [0.4, 0.5) is 4.39 Å². The molecule has 0 unspecified atom stereocenters. The minimum Gasteiger partial charge on any atom is -0.403 e. The minimum atomic E-state index is -0.370. The summed E-state index contributed by atoms with van der Waals surface area (Å²) in [6.07, 6.45) is 3.09. The minimum absolute atomic E-state index is 0.188. The van der Waals surface area contributed by atoms with Gasteiger partial charge in [-0.2, -0.15) is 0 Å². The molecule has 144 valence electrons. The first-order chi connectivity index (χ1) is 12.9. The van der Waals surface area contributed by atoms with Crippen LogP contribution in [0.2, 0.25) is 5.15 Å². The zero-order chi connectivity index (χ0) is 20.0. The molecule has 2 aromatic rings. The second kappa shape index (κ2) is 9.55. The van der Waals surface area contributed by atoms with E-state index < -0.39 is 0 Å². The molecule has 1 amide bonds. The van der Waals surface area contributed by atoms with E-state index in [1.54, 1.807) is 12.1 Å². The standard InChI is InChI=1S/C18H20Cl2FN5O/c1-24-17(15(19)9-23)26-10-12(7-16(26)20)18(27)25-14(8-22)6-11-3-2-4-13(21)5-11/h2-5,7,9-10,14H,6,8,22-23H2,1H3,(H,25,27)/t14-/m0/s1.